The van der Waals surface area contributed by atoms with Crippen LogP contribution in [0.2, 0.25) is 19.6 Å². The van der Waals surface area contributed by atoms with Gasteiger partial charge in [0.2, 0.25) is 0 Å². The number of carbonyl (C=O) groups excluding carboxylic acids is 1. The van der Waals surface area contributed by atoms with E-state index in [1.807, 2.05) is 6.92 Å². The summed E-state index contributed by atoms with van der Waals surface area (Å²) in [4.78, 5) is 11.2. The van der Waals surface area contributed by atoms with Crippen molar-refractivity contribution in [1.29, 1.82) is 0 Å². The highest BCUT2D eigenvalue weighted by molar-refractivity contribution is 6.69. The molecular weight excluding hydrogens is 306 g/mol. The summed E-state index contributed by atoms with van der Waals surface area (Å²) in [6.07, 6.45) is 0.245. The number of nitrogens with two attached hydrogens (primary N) is 1. The van der Waals surface area contributed by atoms with Crippen molar-refractivity contribution in [2.75, 3.05) is 19.8 Å². The molecule has 22 heavy (non-hydrogen) atoms. The van der Waals surface area contributed by atoms with Gasteiger partial charge in [-0.25, -0.2) is 4.79 Å². The maximum atomic E-state index is 11.2. The number of carbonyl (C=O) groups is 1. The summed E-state index contributed by atoms with van der Waals surface area (Å²) in [6, 6.07) is 0. The summed E-state index contributed by atoms with van der Waals surface area (Å²) < 4.78 is 10.8. The topological polar surface area (TPSA) is 122 Å². The molecule has 0 rings (SSSR count). The first-order chi connectivity index (χ1) is 9.94. The van der Waals surface area contributed by atoms with Gasteiger partial charge in [0.15, 0.2) is 14.6 Å². The molecule has 5 N–H and O–H groups in total. The maximum Gasteiger partial charge on any atom is 0.335 e. The van der Waals surface area contributed by atoms with Gasteiger partial charge in [0.25, 0.3) is 0 Å². The number of hydrogen-bond donors (Lipinski definition) is 4. The van der Waals surface area contributed by atoms with Gasteiger partial charge in [-0.3, -0.25) is 0 Å². The van der Waals surface area contributed by atoms with Gasteiger partial charge in [0.05, 0.1) is 25.4 Å². The number of esters is 1. The van der Waals surface area contributed by atoms with Crippen LogP contribution >= 0.6 is 0 Å². The Kier molecular flexibility index (Phi) is 11.6. The molecule has 0 radical (unpaired) electrons. The van der Waals surface area contributed by atoms with Crippen LogP contribution in [0.5, 0.6) is 0 Å². The van der Waals surface area contributed by atoms with Crippen LogP contribution in [0.3, 0.4) is 0 Å². The lowest BCUT2D eigenvalue weighted by Gasteiger charge is -2.25. The third kappa shape index (κ3) is 11.8. The second-order valence-corrected chi connectivity index (χ2v) is 10.6. The molecule has 0 bridgehead atoms. The van der Waals surface area contributed by atoms with Gasteiger partial charge >= 0.3 is 5.97 Å². The molecule has 7 nitrogen and oxygen atoms in total. The van der Waals surface area contributed by atoms with E-state index in [1.165, 1.54) is 0 Å². The second-order valence-electron chi connectivity index (χ2n) is 6.09. The molecule has 0 saturated heterocycles. The van der Waals surface area contributed by atoms with E-state index in [0.29, 0.717) is 12.0 Å². The van der Waals surface area contributed by atoms with E-state index >= 15 is 0 Å². The normalized spacial score (nSPS) is 13.0. The van der Waals surface area contributed by atoms with Crippen LogP contribution in [0, 0.1) is 0 Å². The summed E-state index contributed by atoms with van der Waals surface area (Å²) in [7, 11) is -1.65. The Bertz CT molecular complexity index is 330. The lowest BCUT2D eigenvalue weighted by molar-refractivity contribution is -0.160. The van der Waals surface area contributed by atoms with E-state index < -0.39 is 40.0 Å². The summed E-state index contributed by atoms with van der Waals surface area (Å²) in [5.74, 6) is -0.380. The van der Waals surface area contributed by atoms with Gasteiger partial charge in [-0.15, -0.1) is 0 Å². The third-order valence-corrected chi connectivity index (χ3v) is 3.32. The predicted molar refractivity (Wildman–Crippen MR) is 87.6 cm³/mol. The molecule has 0 amide bonds. The van der Waals surface area contributed by atoms with Gasteiger partial charge in [-0.05, 0) is 26.6 Å². The molecular formula is C14H31NO6Si. The van der Waals surface area contributed by atoms with Crippen LogP contribution in [0.25, 0.3) is 0 Å². The third-order valence-electron chi connectivity index (χ3n) is 2.35. The Labute approximate surface area is 133 Å². The molecule has 0 saturated carbocycles. The average molecular weight is 337 g/mol. The van der Waals surface area contributed by atoms with Crippen molar-refractivity contribution in [2.24, 2.45) is 5.73 Å². The minimum atomic E-state index is -1.65. The number of ether oxygens (including phenoxy) is 1. The number of hydrogen-bond acceptors (Lipinski definition) is 7. The second kappa shape index (κ2) is 10.9. The zero-order valence-electron chi connectivity index (χ0n) is 14.3. The van der Waals surface area contributed by atoms with Crippen molar-refractivity contribution in [3.8, 4) is 0 Å². The lowest BCUT2D eigenvalue weighted by Crippen LogP contribution is -2.50. The summed E-state index contributed by atoms with van der Waals surface area (Å²) in [5.41, 5.74) is 4.34. The molecule has 0 aliphatic rings. The Morgan fingerprint density at radius 2 is 1.64 bits per heavy atom. The Morgan fingerprint density at radius 3 is 1.82 bits per heavy atom. The number of rotatable bonds is 8. The predicted octanol–water partition coefficient (Wildman–Crippen LogP) is 0.354. The molecule has 0 aliphatic heterocycles. The minimum Gasteiger partial charge on any atom is -0.433 e. The van der Waals surface area contributed by atoms with Crippen molar-refractivity contribution < 1.29 is 29.3 Å². The van der Waals surface area contributed by atoms with Crippen LogP contribution in [-0.2, 0) is 14.0 Å². The van der Waals surface area contributed by atoms with Gasteiger partial charge in [-0.1, -0.05) is 13.5 Å². The van der Waals surface area contributed by atoms with Crippen LogP contribution in [0.15, 0.2) is 12.2 Å². The SMILES string of the molecule is C=C(C)C(=O)OC(CC)O[Si](C)(C)C.NC(CO)(CO)CO. The zero-order valence-corrected chi connectivity index (χ0v) is 15.3. The standard InChI is InChI=1S/C10H20O3Si.C4H11NO3/c1-7-9(13-14(4,5)6)12-10(11)8(2)3;5-4(1-6,2-7)3-8/h9H,2,7H2,1,3-6H3;6-8H,1-3,5H2. The van der Waals surface area contributed by atoms with Crippen LogP contribution in [0.4, 0.5) is 0 Å². The van der Waals surface area contributed by atoms with E-state index in [1.54, 1.807) is 6.92 Å². The molecule has 0 aromatic heterocycles. The maximum absolute atomic E-state index is 11.2. The number of aliphatic hydroxyl groups excluding tert-OH is 3. The summed E-state index contributed by atoms with van der Waals surface area (Å²) in [5, 5.41) is 25.0. The van der Waals surface area contributed by atoms with Gasteiger partial charge in [-0.2, -0.15) is 0 Å². The first kappa shape index (κ1) is 23.5. The minimum absolute atomic E-state index is 0.380. The van der Waals surface area contributed by atoms with Crippen molar-refractivity contribution in [3.63, 3.8) is 0 Å². The molecule has 1 atom stereocenters. The van der Waals surface area contributed by atoms with E-state index in [0.717, 1.165) is 0 Å². The largest absolute Gasteiger partial charge is 0.433 e. The molecule has 0 aromatic carbocycles. The fraction of sp³-hybridized carbons (Fsp3) is 0.786. The highest BCUT2D eigenvalue weighted by Crippen LogP contribution is 2.12. The Hall–Kier alpha value is -0.773. The van der Waals surface area contributed by atoms with Crippen LogP contribution < -0.4 is 5.73 Å². The first-order valence-electron chi connectivity index (χ1n) is 7.10. The van der Waals surface area contributed by atoms with E-state index in [4.69, 9.17) is 30.2 Å². The fourth-order valence-corrected chi connectivity index (χ4v) is 1.96. The molecule has 0 aromatic rings. The smallest absolute Gasteiger partial charge is 0.335 e. The van der Waals surface area contributed by atoms with Crippen molar-refractivity contribution >= 4 is 14.3 Å². The highest BCUT2D eigenvalue weighted by Gasteiger charge is 2.22. The molecule has 0 heterocycles. The lowest BCUT2D eigenvalue weighted by atomic mass is 10.1. The van der Waals surface area contributed by atoms with Gasteiger partial charge in [0, 0.05) is 12.0 Å². The highest BCUT2D eigenvalue weighted by atomic mass is 28.4. The Balaban J connectivity index is 0. The molecule has 0 fully saturated rings. The number of aliphatic hydroxyl groups is 3. The molecule has 0 spiro atoms. The van der Waals surface area contributed by atoms with E-state index in [-0.39, 0.29) is 5.97 Å². The van der Waals surface area contributed by atoms with Crippen molar-refractivity contribution in [3.05, 3.63) is 12.2 Å². The first-order valence-corrected chi connectivity index (χ1v) is 10.5. The summed E-state index contributed by atoms with van der Waals surface area (Å²) in [6.45, 7) is 12.0. The monoisotopic (exact) mass is 337 g/mol. The van der Waals surface area contributed by atoms with Crippen molar-refractivity contribution in [1.82, 2.24) is 0 Å². The van der Waals surface area contributed by atoms with E-state index in [2.05, 4.69) is 26.2 Å². The fourth-order valence-electron chi connectivity index (χ4n) is 0.955. The molecule has 132 valence electrons. The quantitative estimate of drug-likeness (QED) is 0.218. The van der Waals surface area contributed by atoms with Gasteiger partial charge < -0.3 is 30.2 Å². The molecule has 0 aliphatic carbocycles. The average Bonchev–Trinajstić information content (AvgIpc) is 2.44. The van der Waals surface area contributed by atoms with Gasteiger partial charge in [0.1, 0.15) is 0 Å². The van der Waals surface area contributed by atoms with Crippen LogP contribution in [0.1, 0.15) is 20.3 Å². The van der Waals surface area contributed by atoms with Crippen molar-refractivity contribution in [2.45, 2.75) is 51.7 Å². The Morgan fingerprint density at radius 1 is 1.23 bits per heavy atom. The molecule has 1 unspecified atom stereocenters. The molecule has 8 heteroatoms. The van der Waals surface area contributed by atoms with E-state index in [9.17, 15) is 4.79 Å². The van der Waals surface area contributed by atoms with Crippen LogP contribution in [-0.4, -0.2) is 61.3 Å². The summed E-state index contributed by atoms with van der Waals surface area (Å²) >= 11 is 0. The zero-order chi connectivity index (χ0) is 18.0.